The smallest absolute Gasteiger partial charge is 0.355 e. The second kappa shape index (κ2) is 10.5. The third-order valence-corrected chi connectivity index (χ3v) is 6.65. The summed E-state index contributed by atoms with van der Waals surface area (Å²) < 4.78 is 66.8. The first-order valence-corrected chi connectivity index (χ1v) is 13.0. The molecule has 16 heteroatoms. The molecule has 41 heavy (non-hydrogen) atoms. The second-order valence-electron chi connectivity index (χ2n) is 8.61. The van der Waals surface area contributed by atoms with Gasteiger partial charge in [-0.2, -0.15) is 31.8 Å². The number of H-pyrrole nitrogens is 1. The van der Waals surface area contributed by atoms with Gasteiger partial charge < -0.3 is 9.17 Å². The molecule has 0 aliphatic carbocycles. The Morgan fingerprint density at radius 3 is 2.02 bits per heavy atom. The molecular weight excluding hydrogens is 565 g/mol. The van der Waals surface area contributed by atoms with E-state index in [4.69, 9.17) is 0 Å². The molecule has 0 saturated heterocycles. The molecule has 6 aromatic heterocycles. The topological polar surface area (TPSA) is 151 Å². The van der Waals surface area contributed by atoms with E-state index in [1.165, 1.54) is 29.2 Å². The highest BCUT2D eigenvalue weighted by Gasteiger charge is 2.48. The Morgan fingerprint density at radius 2 is 1.41 bits per heavy atom. The quantitative estimate of drug-likeness (QED) is 0.242. The minimum absolute atomic E-state index is 0.129. The van der Waals surface area contributed by atoms with Crippen molar-refractivity contribution in [1.82, 2.24) is 39.5 Å². The van der Waals surface area contributed by atoms with E-state index in [2.05, 4.69) is 34.3 Å². The Kier molecular flexibility index (Phi) is 7.00. The number of hydrogen-bond acceptors (Lipinski definition) is 9. The standard InChI is InChI=1S/C13H9F3N4O3S.C12H10N4O/c1-20-7-8(6-18-20)9-4-5-17-10-2-3-11(19-12(9)10)23-24(21,22)13(14,15)16;1-16-7-8(6-14-16)9-4-5-13-10-2-3-11(17)15-12(9)10/h2-7H,1H3;2-7H,1H3,(H,15,17). The van der Waals surface area contributed by atoms with Gasteiger partial charge in [-0.25, -0.2) is 4.98 Å². The van der Waals surface area contributed by atoms with Gasteiger partial charge in [-0.3, -0.25) is 24.1 Å². The fraction of sp³-hybridized carbons (Fsp3) is 0.120. The summed E-state index contributed by atoms with van der Waals surface area (Å²) in [5.74, 6) is -0.696. The van der Waals surface area contributed by atoms with E-state index >= 15 is 0 Å². The maximum absolute atomic E-state index is 12.4. The van der Waals surface area contributed by atoms with Crippen LogP contribution in [0.3, 0.4) is 0 Å². The lowest BCUT2D eigenvalue weighted by atomic mass is 10.1. The van der Waals surface area contributed by atoms with Crippen LogP contribution in [0.5, 0.6) is 5.88 Å². The van der Waals surface area contributed by atoms with Crippen molar-refractivity contribution >= 4 is 32.2 Å². The molecule has 210 valence electrons. The van der Waals surface area contributed by atoms with Crippen LogP contribution in [0.15, 0.2) is 78.4 Å². The molecule has 0 radical (unpaired) electrons. The molecule has 1 N–H and O–H groups in total. The summed E-state index contributed by atoms with van der Waals surface area (Å²) in [6.07, 6.45) is 10.1. The van der Waals surface area contributed by atoms with Crippen LogP contribution in [0.1, 0.15) is 0 Å². The molecule has 0 fully saturated rings. The highest BCUT2D eigenvalue weighted by atomic mass is 32.2. The molecule has 0 bridgehead atoms. The van der Waals surface area contributed by atoms with E-state index in [-0.39, 0.29) is 11.1 Å². The summed E-state index contributed by atoms with van der Waals surface area (Å²) in [6, 6.07) is 8.98. The first kappa shape index (κ1) is 27.4. The van der Waals surface area contributed by atoms with Gasteiger partial charge in [0.15, 0.2) is 0 Å². The van der Waals surface area contributed by atoms with Crippen LogP contribution in [-0.2, 0) is 24.2 Å². The SMILES string of the molecule is Cn1cc(-c2ccnc3ccc(=O)[nH]c23)cn1.Cn1cc(-c2ccnc3ccc(OS(=O)(=O)C(F)(F)F)nc23)cn1. The Balaban J connectivity index is 0.000000174. The van der Waals surface area contributed by atoms with Gasteiger partial charge >= 0.3 is 15.6 Å². The van der Waals surface area contributed by atoms with E-state index in [1.54, 1.807) is 42.5 Å². The number of aryl methyl sites for hydroxylation is 2. The Hall–Kier alpha value is -5.12. The number of alkyl halides is 3. The molecule has 0 saturated carbocycles. The first-order chi connectivity index (χ1) is 19.4. The van der Waals surface area contributed by atoms with Crippen LogP contribution in [-0.4, -0.2) is 53.4 Å². The number of halogens is 3. The van der Waals surface area contributed by atoms with Gasteiger partial charge in [-0.05, 0) is 24.3 Å². The number of pyridine rings is 4. The van der Waals surface area contributed by atoms with Crippen molar-refractivity contribution in [1.29, 1.82) is 0 Å². The number of hydrogen-bond donors (Lipinski definition) is 1. The largest absolute Gasteiger partial charge is 0.534 e. The zero-order valence-electron chi connectivity index (χ0n) is 21.2. The summed E-state index contributed by atoms with van der Waals surface area (Å²) in [6.45, 7) is 0. The Morgan fingerprint density at radius 1 is 0.829 bits per heavy atom. The minimum atomic E-state index is -5.79. The maximum Gasteiger partial charge on any atom is 0.534 e. The summed E-state index contributed by atoms with van der Waals surface area (Å²) in [5.41, 5.74) is -0.521. The third-order valence-electron chi connectivity index (χ3n) is 5.69. The summed E-state index contributed by atoms with van der Waals surface area (Å²) in [4.78, 5) is 26.3. The average Bonchev–Trinajstić information content (AvgIpc) is 3.55. The van der Waals surface area contributed by atoms with Gasteiger partial charge in [0.05, 0.1) is 28.9 Å². The van der Waals surface area contributed by atoms with Crippen molar-refractivity contribution < 1.29 is 25.8 Å². The lowest BCUT2D eigenvalue weighted by Crippen LogP contribution is -2.28. The number of nitrogens with zero attached hydrogens (tertiary/aromatic N) is 7. The first-order valence-electron chi connectivity index (χ1n) is 11.6. The van der Waals surface area contributed by atoms with Crippen LogP contribution in [0.25, 0.3) is 44.3 Å². The van der Waals surface area contributed by atoms with E-state index in [1.807, 2.05) is 19.3 Å². The van der Waals surface area contributed by atoms with Gasteiger partial charge in [-0.15, -0.1) is 0 Å². The fourth-order valence-corrected chi connectivity index (χ4v) is 4.27. The van der Waals surface area contributed by atoms with E-state index in [0.29, 0.717) is 16.6 Å². The zero-order valence-corrected chi connectivity index (χ0v) is 22.1. The van der Waals surface area contributed by atoms with E-state index in [9.17, 15) is 26.4 Å². The fourth-order valence-electron chi connectivity index (χ4n) is 3.86. The van der Waals surface area contributed by atoms with Gasteiger partial charge in [0.1, 0.15) is 5.52 Å². The van der Waals surface area contributed by atoms with Gasteiger partial charge in [0.2, 0.25) is 11.4 Å². The molecule has 0 atom stereocenters. The van der Waals surface area contributed by atoms with Crippen molar-refractivity contribution in [2.75, 3.05) is 0 Å². The van der Waals surface area contributed by atoms with Crippen molar-refractivity contribution in [3.05, 3.63) is 83.9 Å². The highest BCUT2D eigenvalue weighted by molar-refractivity contribution is 7.87. The van der Waals surface area contributed by atoms with Crippen LogP contribution >= 0.6 is 0 Å². The van der Waals surface area contributed by atoms with Crippen LogP contribution in [0.4, 0.5) is 13.2 Å². The third kappa shape index (κ3) is 5.76. The summed E-state index contributed by atoms with van der Waals surface area (Å²) in [5, 5.41) is 8.13. The molecule has 6 rings (SSSR count). The molecule has 6 heterocycles. The number of aromatic nitrogens is 8. The number of fused-ring (bicyclic) bond motifs is 2. The highest BCUT2D eigenvalue weighted by Crippen LogP contribution is 2.30. The molecule has 0 amide bonds. The molecule has 6 aromatic rings. The van der Waals surface area contributed by atoms with Crippen LogP contribution < -0.4 is 9.74 Å². The molecule has 0 aliphatic rings. The Labute approximate surface area is 229 Å². The monoisotopic (exact) mass is 584 g/mol. The molecule has 0 unspecified atom stereocenters. The zero-order chi connectivity index (χ0) is 29.4. The van der Waals surface area contributed by atoms with Crippen molar-refractivity contribution in [3.8, 4) is 28.1 Å². The summed E-state index contributed by atoms with van der Waals surface area (Å²) in [7, 11) is -2.24. The average molecular weight is 585 g/mol. The van der Waals surface area contributed by atoms with Gasteiger partial charge in [0.25, 0.3) is 0 Å². The van der Waals surface area contributed by atoms with Crippen molar-refractivity contribution in [2.24, 2.45) is 14.1 Å². The van der Waals surface area contributed by atoms with Gasteiger partial charge in [-0.1, -0.05) is 0 Å². The van der Waals surface area contributed by atoms with Crippen LogP contribution in [0, 0.1) is 0 Å². The molecule has 12 nitrogen and oxygen atoms in total. The van der Waals surface area contributed by atoms with E-state index in [0.717, 1.165) is 28.2 Å². The predicted molar refractivity (Wildman–Crippen MR) is 142 cm³/mol. The van der Waals surface area contributed by atoms with E-state index < -0.39 is 21.5 Å². The maximum atomic E-state index is 12.4. The lowest BCUT2D eigenvalue weighted by Gasteiger charge is -2.09. The van der Waals surface area contributed by atoms with Gasteiger partial charge in [0, 0.05) is 73.3 Å². The second-order valence-corrected chi connectivity index (χ2v) is 10.1. The minimum Gasteiger partial charge on any atom is -0.355 e. The molecular formula is C25H19F3N8O4S. The number of rotatable bonds is 4. The molecule has 0 aromatic carbocycles. The predicted octanol–water partition coefficient (Wildman–Crippen LogP) is 3.58. The van der Waals surface area contributed by atoms with Crippen molar-refractivity contribution in [3.63, 3.8) is 0 Å². The summed E-state index contributed by atoms with van der Waals surface area (Å²) >= 11 is 0. The van der Waals surface area contributed by atoms with Crippen molar-refractivity contribution in [2.45, 2.75) is 5.51 Å². The number of aromatic amines is 1. The van der Waals surface area contributed by atoms with Crippen LogP contribution in [0.2, 0.25) is 0 Å². The molecule has 0 spiro atoms. The normalized spacial score (nSPS) is 11.8. The Bertz CT molecular complexity index is 2050. The number of nitrogens with one attached hydrogen (secondary N) is 1. The lowest BCUT2D eigenvalue weighted by molar-refractivity contribution is -0.0501. The molecule has 0 aliphatic heterocycles.